The van der Waals surface area contributed by atoms with E-state index in [-0.39, 0.29) is 17.8 Å². The third kappa shape index (κ3) is 2.14. The van der Waals surface area contributed by atoms with Gasteiger partial charge in [0.2, 0.25) is 0 Å². The summed E-state index contributed by atoms with van der Waals surface area (Å²) in [7, 11) is 0. The molecule has 1 aromatic carbocycles. The van der Waals surface area contributed by atoms with Gasteiger partial charge in [-0.1, -0.05) is 0 Å². The molecule has 0 amide bonds. The van der Waals surface area contributed by atoms with Crippen LogP contribution in [0.5, 0.6) is 11.5 Å². The van der Waals surface area contributed by atoms with Gasteiger partial charge in [-0.25, -0.2) is 0 Å². The van der Waals surface area contributed by atoms with Crippen LogP contribution >= 0.6 is 0 Å². The Morgan fingerprint density at radius 3 is 2.40 bits per heavy atom. The van der Waals surface area contributed by atoms with Crippen LogP contribution in [0, 0.1) is 10.1 Å². The van der Waals surface area contributed by atoms with E-state index < -0.39 is 22.5 Å². The first-order chi connectivity index (χ1) is 6.97. The van der Waals surface area contributed by atoms with Crippen LogP contribution in [-0.4, -0.2) is 21.7 Å². The van der Waals surface area contributed by atoms with E-state index in [0.29, 0.717) is 0 Å². The van der Waals surface area contributed by atoms with Crippen LogP contribution in [0.1, 0.15) is 11.6 Å². The zero-order chi connectivity index (χ0) is 11.6. The Morgan fingerprint density at radius 2 is 1.93 bits per heavy atom. The van der Waals surface area contributed by atoms with Crippen LogP contribution in [0.2, 0.25) is 0 Å². The first-order valence-electron chi connectivity index (χ1n) is 4.13. The lowest BCUT2D eigenvalue weighted by atomic mass is 10.0. The molecule has 0 heterocycles. The number of hydrogen-bond donors (Lipinski definition) is 4. The maximum Gasteiger partial charge on any atom is 0.278 e. The molecule has 0 radical (unpaired) electrons. The normalized spacial score (nSPS) is 12.4. The van der Waals surface area contributed by atoms with Crippen LogP contribution in [0.3, 0.4) is 0 Å². The highest BCUT2D eigenvalue weighted by Crippen LogP contribution is 2.34. The summed E-state index contributed by atoms with van der Waals surface area (Å²) in [6.07, 6.45) is 0. The molecular formula is C8H11N3O4. The number of aromatic hydroxyl groups is 2. The molecule has 0 fully saturated rings. The van der Waals surface area contributed by atoms with Gasteiger partial charge in [0, 0.05) is 12.6 Å². The second-order valence-corrected chi connectivity index (χ2v) is 3.00. The molecular weight excluding hydrogens is 202 g/mol. The Balaban J connectivity index is 3.34. The second-order valence-electron chi connectivity index (χ2n) is 3.00. The lowest BCUT2D eigenvalue weighted by Crippen LogP contribution is -2.21. The predicted octanol–water partition coefficient (Wildman–Crippen LogP) is -0.0355. The number of nitro groups is 1. The Kier molecular flexibility index (Phi) is 3.08. The topological polar surface area (TPSA) is 136 Å². The van der Waals surface area contributed by atoms with Gasteiger partial charge < -0.3 is 21.7 Å². The summed E-state index contributed by atoms with van der Waals surface area (Å²) in [5.41, 5.74) is 10.5. The minimum Gasteiger partial charge on any atom is -0.504 e. The molecule has 0 saturated carbocycles. The number of hydrogen-bond acceptors (Lipinski definition) is 6. The fourth-order valence-corrected chi connectivity index (χ4v) is 1.16. The summed E-state index contributed by atoms with van der Waals surface area (Å²) >= 11 is 0. The molecule has 1 atom stereocenters. The molecule has 0 bridgehead atoms. The maximum absolute atomic E-state index is 10.6. The third-order valence-electron chi connectivity index (χ3n) is 1.97. The van der Waals surface area contributed by atoms with Crippen LogP contribution in [0.15, 0.2) is 12.1 Å². The number of phenols is 2. The molecule has 7 nitrogen and oxygen atoms in total. The molecule has 0 aliphatic carbocycles. The van der Waals surface area contributed by atoms with Crippen molar-refractivity contribution in [3.8, 4) is 11.5 Å². The Morgan fingerprint density at radius 1 is 1.40 bits per heavy atom. The minimum atomic E-state index is -0.753. The summed E-state index contributed by atoms with van der Waals surface area (Å²) in [4.78, 5) is 9.93. The van der Waals surface area contributed by atoms with Crippen molar-refractivity contribution in [1.82, 2.24) is 0 Å². The highest BCUT2D eigenvalue weighted by atomic mass is 16.6. The van der Waals surface area contributed by atoms with E-state index in [1.165, 1.54) is 0 Å². The van der Waals surface area contributed by atoms with E-state index in [0.717, 1.165) is 12.1 Å². The number of benzene rings is 1. The van der Waals surface area contributed by atoms with Crippen molar-refractivity contribution in [3.05, 3.63) is 27.8 Å². The van der Waals surface area contributed by atoms with Gasteiger partial charge in [-0.3, -0.25) is 10.1 Å². The molecule has 7 heteroatoms. The smallest absolute Gasteiger partial charge is 0.278 e. The number of nitrogens with zero attached hydrogens (tertiary/aromatic N) is 1. The van der Waals surface area contributed by atoms with Crippen molar-refractivity contribution in [2.45, 2.75) is 6.04 Å². The van der Waals surface area contributed by atoms with E-state index in [1.807, 2.05) is 0 Å². The SMILES string of the molecule is NC[C@H](N)c1cc(O)c(O)cc1[N+](=O)[O-]. The van der Waals surface area contributed by atoms with Crippen molar-refractivity contribution < 1.29 is 15.1 Å². The Hall–Kier alpha value is -1.86. The minimum absolute atomic E-state index is 0.00502. The Bertz CT molecular complexity index is 394. The summed E-state index contributed by atoms with van der Waals surface area (Å²) in [5, 5.41) is 28.9. The molecule has 82 valence electrons. The lowest BCUT2D eigenvalue weighted by Gasteiger charge is -2.10. The largest absolute Gasteiger partial charge is 0.504 e. The molecule has 0 aliphatic rings. The van der Waals surface area contributed by atoms with Gasteiger partial charge >= 0.3 is 0 Å². The van der Waals surface area contributed by atoms with Crippen molar-refractivity contribution in [3.63, 3.8) is 0 Å². The molecule has 0 saturated heterocycles. The van der Waals surface area contributed by atoms with E-state index in [9.17, 15) is 15.2 Å². The molecule has 0 aromatic heterocycles. The number of nitrogens with two attached hydrogens (primary N) is 2. The van der Waals surface area contributed by atoms with Crippen molar-refractivity contribution >= 4 is 5.69 Å². The highest BCUT2D eigenvalue weighted by Gasteiger charge is 2.21. The van der Waals surface area contributed by atoms with Gasteiger partial charge in [0.05, 0.1) is 16.6 Å². The summed E-state index contributed by atoms with van der Waals surface area (Å²) in [5.74, 6) is -1.02. The van der Waals surface area contributed by atoms with Gasteiger partial charge in [-0.05, 0) is 6.07 Å². The van der Waals surface area contributed by atoms with Gasteiger partial charge in [0.1, 0.15) is 0 Å². The molecule has 0 spiro atoms. The summed E-state index contributed by atoms with van der Waals surface area (Å²) < 4.78 is 0. The molecule has 1 aromatic rings. The quantitative estimate of drug-likeness (QED) is 0.316. The van der Waals surface area contributed by atoms with Crippen LogP contribution in [-0.2, 0) is 0 Å². The highest BCUT2D eigenvalue weighted by molar-refractivity contribution is 5.54. The van der Waals surface area contributed by atoms with Crippen LogP contribution in [0.25, 0.3) is 0 Å². The number of rotatable bonds is 3. The first-order valence-corrected chi connectivity index (χ1v) is 4.13. The Labute approximate surface area is 85.1 Å². The fraction of sp³-hybridized carbons (Fsp3) is 0.250. The van der Waals surface area contributed by atoms with E-state index in [4.69, 9.17) is 16.6 Å². The van der Waals surface area contributed by atoms with Crippen molar-refractivity contribution in [2.24, 2.45) is 11.5 Å². The third-order valence-corrected chi connectivity index (χ3v) is 1.97. The van der Waals surface area contributed by atoms with E-state index in [1.54, 1.807) is 0 Å². The van der Waals surface area contributed by atoms with Crippen molar-refractivity contribution in [2.75, 3.05) is 6.54 Å². The van der Waals surface area contributed by atoms with Crippen LogP contribution in [0.4, 0.5) is 5.69 Å². The summed E-state index contributed by atoms with van der Waals surface area (Å²) in [6, 6.07) is 1.14. The molecule has 6 N–H and O–H groups in total. The van der Waals surface area contributed by atoms with Crippen LogP contribution < -0.4 is 11.5 Å². The first kappa shape index (κ1) is 11.2. The van der Waals surface area contributed by atoms with Crippen molar-refractivity contribution in [1.29, 1.82) is 0 Å². The average molecular weight is 213 g/mol. The molecule has 1 rings (SSSR count). The lowest BCUT2D eigenvalue weighted by molar-refractivity contribution is -0.385. The zero-order valence-electron chi connectivity index (χ0n) is 7.75. The number of nitro benzene ring substituents is 1. The molecule has 15 heavy (non-hydrogen) atoms. The van der Waals surface area contributed by atoms with Gasteiger partial charge in [0.25, 0.3) is 5.69 Å². The number of phenolic OH excluding ortho intramolecular Hbond substituents is 2. The summed E-state index contributed by atoms with van der Waals surface area (Å²) in [6.45, 7) is 0.00502. The zero-order valence-corrected chi connectivity index (χ0v) is 7.75. The van der Waals surface area contributed by atoms with Gasteiger partial charge in [-0.15, -0.1) is 0 Å². The van der Waals surface area contributed by atoms with E-state index >= 15 is 0 Å². The maximum atomic E-state index is 10.6. The van der Waals surface area contributed by atoms with Gasteiger partial charge in [0.15, 0.2) is 11.5 Å². The predicted molar refractivity (Wildman–Crippen MR) is 52.4 cm³/mol. The fourth-order valence-electron chi connectivity index (χ4n) is 1.16. The monoisotopic (exact) mass is 213 g/mol. The van der Waals surface area contributed by atoms with Gasteiger partial charge in [-0.2, -0.15) is 0 Å². The molecule has 0 unspecified atom stereocenters. The molecule has 0 aliphatic heterocycles. The van der Waals surface area contributed by atoms with E-state index in [2.05, 4.69) is 0 Å². The standard InChI is InChI=1S/C8H11N3O4/c9-3-5(10)4-1-7(12)8(13)2-6(4)11(14)15/h1-2,5,12-13H,3,9-10H2/t5-/m0/s1. The second kappa shape index (κ2) is 4.11. The average Bonchev–Trinajstić information content (AvgIpc) is 2.20.